The SMILES string of the molecule is CC/C=C/CCCC1C(=O)NC(=O)C1CCC. The van der Waals surface area contributed by atoms with Crippen LogP contribution in [0.2, 0.25) is 0 Å². The molecule has 1 rings (SSSR count). The Morgan fingerprint density at radius 1 is 1.06 bits per heavy atom. The van der Waals surface area contributed by atoms with E-state index in [9.17, 15) is 9.59 Å². The van der Waals surface area contributed by atoms with Crippen molar-refractivity contribution in [2.24, 2.45) is 11.8 Å². The van der Waals surface area contributed by atoms with Crippen molar-refractivity contribution in [2.75, 3.05) is 0 Å². The number of nitrogens with one attached hydrogen (secondary N) is 1. The highest BCUT2D eigenvalue weighted by Crippen LogP contribution is 2.28. The third-order valence-electron chi connectivity index (χ3n) is 3.29. The van der Waals surface area contributed by atoms with Crippen molar-refractivity contribution < 1.29 is 9.59 Å². The van der Waals surface area contributed by atoms with Gasteiger partial charge in [0, 0.05) is 11.8 Å². The second kappa shape index (κ2) is 7.25. The summed E-state index contributed by atoms with van der Waals surface area (Å²) in [6.45, 7) is 4.16. The van der Waals surface area contributed by atoms with Crippen molar-refractivity contribution in [1.82, 2.24) is 5.32 Å². The zero-order valence-corrected chi connectivity index (χ0v) is 10.9. The Kier molecular flexibility index (Phi) is 5.95. The molecule has 0 bridgehead atoms. The normalized spacial score (nSPS) is 24.6. The van der Waals surface area contributed by atoms with Crippen LogP contribution in [-0.4, -0.2) is 11.8 Å². The first-order chi connectivity index (χ1) is 8.20. The molecule has 0 aliphatic carbocycles. The first-order valence-electron chi connectivity index (χ1n) is 6.70. The third kappa shape index (κ3) is 3.99. The summed E-state index contributed by atoms with van der Waals surface area (Å²) in [5.74, 6) is -0.293. The molecule has 1 aliphatic rings. The fourth-order valence-electron chi connectivity index (χ4n) is 2.39. The van der Waals surface area contributed by atoms with Crippen LogP contribution in [0, 0.1) is 11.8 Å². The molecule has 1 N–H and O–H groups in total. The summed E-state index contributed by atoms with van der Waals surface area (Å²) in [6, 6.07) is 0. The number of hydrogen-bond donors (Lipinski definition) is 1. The number of carbonyl (C=O) groups is 2. The Labute approximate surface area is 104 Å². The van der Waals surface area contributed by atoms with Crippen LogP contribution in [0.4, 0.5) is 0 Å². The molecular weight excluding hydrogens is 214 g/mol. The number of rotatable bonds is 7. The molecule has 2 unspecified atom stereocenters. The van der Waals surface area contributed by atoms with Crippen molar-refractivity contribution >= 4 is 11.8 Å². The van der Waals surface area contributed by atoms with Gasteiger partial charge in [0.25, 0.3) is 0 Å². The van der Waals surface area contributed by atoms with E-state index in [-0.39, 0.29) is 23.7 Å². The summed E-state index contributed by atoms with van der Waals surface area (Å²) < 4.78 is 0. The highest BCUT2D eigenvalue weighted by Gasteiger charge is 2.39. The van der Waals surface area contributed by atoms with Gasteiger partial charge in [-0.15, -0.1) is 0 Å². The monoisotopic (exact) mass is 237 g/mol. The minimum absolute atomic E-state index is 0.0621. The number of allylic oxidation sites excluding steroid dienone is 2. The first kappa shape index (κ1) is 13.9. The molecule has 0 radical (unpaired) electrons. The quantitative estimate of drug-likeness (QED) is 0.420. The van der Waals surface area contributed by atoms with E-state index >= 15 is 0 Å². The molecule has 0 spiro atoms. The summed E-state index contributed by atoms with van der Waals surface area (Å²) in [6.07, 6.45) is 9.96. The molecule has 0 aromatic carbocycles. The van der Waals surface area contributed by atoms with Gasteiger partial charge in [-0.2, -0.15) is 0 Å². The van der Waals surface area contributed by atoms with Crippen LogP contribution in [0.1, 0.15) is 52.4 Å². The second-order valence-electron chi connectivity index (χ2n) is 4.67. The summed E-state index contributed by atoms with van der Waals surface area (Å²) in [4.78, 5) is 23.2. The highest BCUT2D eigenvalue weighted by molar-refractivity contribution is 6.04. The molecule has 3 heteroatoms. The Bertz CT molecular complexity index is 297. The maximum absolute atomic E-state index is 11.6. The molecular formula is C14H23NO2. The molecule has 0 aromatic rings. The number of hydrogen-bond acceptors (Lipinski definition) is 2. The van der Waals surface area contributed by atoms with Gasteiger partial charge in [-0.25, -0.2) is 0 Å². The van der Waals surface area contributed by atoms with Crippen molar-refractivity contribution in [1.29, 1.82) is 0 Å². The molecule has 0 aromatic heterocycles. The third-order valence-corrected chi connectivity index (χ3v) is 3.29. The summed E-state index contributed by atoms with van der Waals surface area (Å²) in [5, 5.41) is 2.46. The zero-order chi connectivity index (χ0) is 12.7. The van der Waals surface area contributed by atoms with E-state index in [1.54, 1.807) is 0 Å². The fourth-order valence-corrected chi connectivity index (χ4v) is 2.39. The van der Waals surface area contributed by atoms with Crippen LogP contribution in [0.5, 0.6) is 0 Å². The van der Waals surface area contributed by atoms with E-state index in [0.717, 1.165) is 38.5 Å². The van der Waals surface area contributed by atoms with Gasteiger partial charge < -0.3 is 0 Å². The minimum Gasteiger partial charge on any atom is -0.296 e. The van der Waals surface area contributed by atoms with Crippen LogP contribution >= 0.6 is 0 Å². The molecule has 3 nitrogen and oxygen atoms in total. The van der Waals surface area contributed by atoms with Gasteiger partial charge in [-0.05, 0) is 32.1 Å². The molecule has 1 heterocycles. The van der Waals surface area contributed by atoms with Crippen molar-refractivity contribution in [3.05, 3.63) is 12.2 Å². The Morgan fingerprint density at radius 3 is 2.29 bits per heavy atom. The van der Waals surface area contributed by atoms with Gasteiger partial charge >= 0.3 is 0 Å². The van der Waals surface area contributed by atoms with E-state index in [2.05, 4.69) is 31.3 Å². The van der Waals surface area contributed by atoms with E-state index in [4.69, 9.17) is 0 Å². The Hall–Kier alpha value is -1.12. The van der Waals surface area contributed by atoms with Crippen molar-refractivity contribution in [3.8, 4) is 0 Å². The van der Waals surface area contributed by atoms with E-state index < -0.39 is 0 Å². The van der Waals surface area contributed by atoms with Crippen LogP contribution < -0.4 is 5.32 Å². The molecule has 17 heavy (non-hydrogen) atoms. The number of amides is 2. The molecule has 1 aliphatic heterocycles. The predicted molar refractivity (Wildman–Crippen MR) is 68.3 cm³/mol. The lowest BCUT2D eigenvalue weighted by molar-refractivity contribution is -0.126. The molecule has 96 valence electrons. The highest BCUT2D eigenvalue weighted by atomic mass is 16.2. The molecule has 1 saturated heterocycles. The van der Waals surface area contributed by atoms with Gasteiger partial charge in [0.15, 0.2) is 0 Å². The number of imide groups is 1. The molecule has 2 amide bonds. The van der Waals surface area contributed by atoms with Gasteiger partial charge in [0.05, 0.1) is 0 Å². The Balaban J connectivity index is 2.41. The average molecular weight is 237 g/mol. The summed E-state index contributed by atoms with van der Waals surface area (Å²) in [7, 11) is 0. The maximum atomic E-state index is 11.6. The van der Waals surface area contributed by atoms with Crippen molar-refractivity contribution in [3.63, 3.8) is 0 Å². The van der Waals surface area contributed by atoms with Gasteiger partial charge in [0.1, 0.15) is 0 Å². The molecule has 0 saturated carbocycles. The summed E-state index contributed by atoms with van der Waals surface area (Å²) >= 11 is 0. The molecule has 1 fully saturated rings. The smallest absolute Gasteiger partial charge is 0.230 e. The lowest BCUT2D eigenvalue weighted by Gasteiger charge is -2.13. The zero-order valence-electron chi connectivity index (χ0n) is 10.9. The maximum Gasteiger partial charge on any atom is 0.230 e. The van der Waals surface area contributed by atoms with E-state index in [1.807, 2.05) is 0 Å². The van der Waals surface area contributed by atoms with Gasteiger partial charge in [0.2, 0.25) is 11.8 Å². The van der Waals surface area contributed by atoms with Gasteiger partial charge in [-0.3, -0.25) is 14.9 Å². The average Bonchev–Trinajstić information content (AvgIpc) is 2.56. The van der Waals surface area contributed by atoms with Crippen molar-refractivity contribution in [2.45, 2.75) is 52.4 Å². The lowest BCUT2D eigenvalue weighted by atomic mass is 9.87. The minimum atomic E-state index is -0.0857. The van der Waals surface area contributed by atoms with Gasteiger partial charge in [-0.1, -0.05) is 32.4 Å². The Morgan fingerprint density at radius 2 is 1.71 bits per heavy atom. The lowest BCUT2D eigenvalue weighted by Crippen LogP contribution is -2.22. The van der Waals surface area contributed by atoms with Crippen LogP contribution in [0.3, 0.4) is 0 Å². The fraction of sp³-hybridized carbons (Fsp3) is 0.714. The standard InChI is InChI=1S/C14H23NO2/c1-3-5-6-7-8-10-12-11(9-4-2)13(16)15-14(12)17/h5-6,11-12H,3-4,7-10H2,1-2H3,(H,15,16,17)/b6-5+. The first-order valence-corrected chi connectivity index (χ1v) is 6.70. The largest absolute Gasteiger partial charge is 0.296 e. The van der Waals surface area contributed by atoms with Crippen LogP contribution in [0.25, 0.3) is 0 Å². The number of unbranched alkanes of at least 4 members (excludes halogenated alkanes) is 1. The number of carbonyl (C=O) groups excluding carboxylic acids is 2. The van der Waals surface area contributed by atoms with Crippen LogP contribution in [0.15, 0.2) is 12.2 Å². The van der Waals surface area contributed by atoms with E-state index in [0.29, 0.717) is 0 Å². The topological polar surface area (TPSA) is 46.2 Å². The predicted octanol–water partition coefficient (Wildman–Crippen LogP) is 2.81. The van der Waals surface area contributed by atoms with E-state index in [1.165, 1.54) is 0 Å². The molecule has 2 atom stereocenters. The van der Waals surface area contributed by atoms with Crippen LogP contribution in [-0.2, 0) is 9.59 Å². The summed E-state index contributed by atoms with van der Waals surface area (Å²) in [5.41, 5.74) is 0. The second-order valence-corrected chi connectivity index (χ2v) is 4.67.